The molecule has 0 aromatic rings. The molecule has 4 aliphatic rings. The molecule has 0 unspecified atom stereocenters. The molecule has 0 amide bonds. The van der Waals surface area contributed by atoms with E-state index in [1.54, 1.807) is 19.8 Å². The lowest BCUT2D eigenvalue weighted by atomic mass is 9.51. The van der Waals surface area contributed by atoms with Crippen molar-refractivity contribution in [2.45, 2.75) is 109 Å². The molecule has 32 heavy (non-hydrogen) atoms. The fourth-order valence-electron chi connectivity index (χ4n) is 7.55. The van der Waals surface area contributed by atoms with Crippen molar-refractivity contribution < 1.29 is 18.7 Å². The van der Waals surface area contributed by atoms with Crippen LogP contribution in [0, 0.1) is 29.1 Å². The van der Waals surface area contributed by atoms with E-state index in [1.165, 1.54) is 31.1 Å². The highest BCUT2D eigenvalue weighted by molar-refractivity contribution is 6.74. The monoisotopic (exact) mass is 462 g/mol. The van der Waals surface area contributed by atoms with Gasteiger partial charge in [-0.05, 0) is 79.8 Å². The molecule has 0 spiro atoms. The van der Waals surface area contributed by atoms with E-state index in [0.29, 0.717) is 23.9 Å². The predicted molar refractivity (Wildman–Crippen MR) is 131 cm³/mol. The number of methoxy groups -OCH3 is 2. The van der Waals surface area contributed by atoms with Crippen LogP contribution in [0.2, 0.25) is 18.1 Å². The highest BCUT2D eigenvalue weighted by atomic mass is 28.4. The Bertz CT molecular complexity index is 762. The minimum atomic E-state index is -1.82. The van der Waals surface area contributed by atoms with Gasteiger partial charge in [0.2, 0.25) is 0 Å². The number of hydrogen-bond acceptors (Lipinski definition) is 4. The molecular weight excluding hydrogens is 416 g/mol. The van der Waals surface area contributed by atoms with Crippen LogP contribution >= 0.6 is 0 Å². The Hall–Kier alpha value is -0.493. The number of hydrogen-bond donors (Lipinski definition) is 0. The fourth-order valence-corrected chi connectivity index (χ4v) is 9.00. The third-order valence-electron chi connectivity index (χ3n) is 10.5. The molecule has 0 bridgehead atoms. The predicted octanol–water partition coefficient (Wildman–Crippen LogP) is 6.51. The van der Waals surface area contributed by atoms with Crippen LogP contribution in [-0.2, 0) is 18.7 Å². The van der Waals surface area contributed by atoms with Gasteiger partial charge in [0, 0.05) is 33.0 Å². The first-order valence-corrected chi connectivity index (χ1v) is 15.8. The van der Waals surface area contributed by atoms with Gasteiger partial charge in [0.15, 0.2) is 14.1 Å². The summed E-state index contributed by atoms with van der Waals surface area (Å²) < 4.78 is 18.6. The average molecular weight is 463 g/mol. The van der Waals surface area contributed by atoms with Crippen LogP contribution in [0.5, 0.6) is 0 Å². The summed E-state index contributed by atoms with van der Waals surface area (Å²) in [5, 5.41) is 0.228. The van der Waals surface area contributed by atoms with Gasteiger partial charge in [0.25, 0.3) is 0 Å². The zero-order chi connectivity index (χ0) is 23.5. The van der Waals surface area contributed by atoms with Crippen molar-refractivity contribution in [1.29, 1.82) is 0 Å². The number of rotatable bonds is 5. The van der Waals surface area contributed by atoms with Crippen molar-refractivity contribution in [3.63, 3.8) is 0 Å². The summed E-state index contributed by atoms with van der Waals surface area (Å²) in [6, 6.07) is 0. The molecule has 182 valence electrons. The van der Waals surface area contributed by atoms with Gasteiger partial charge >= 0.3 is 0 Å². The first-order chi connectivity index (χ1) is 14.9. The minimum Gasteiger partial charge on any atom is -0.413 e. The molecule has 0 aliphatic heterocycles. The lowest BCUT2D eigenvalue weighted by Crippen LogP contribution is -2.53. The van der Waals surface area contributed by atoms with Gasteiger partial charge in [-0.1, -0.05) is 38.8 Å². The second-order valence-corrected chi connectivity index (χ2v) is 17.7. The van der Waals surface area contributed by atoms with E-state index >= 15 is 0 Å². The van der Waals surface area contributed by atoms with Crippen molar-refractivity contribution in [3.8, 4) is 0 Å². The molecule has 0 radical (unpaired) electrons. The molecule has 6 atom stereocenters. The maximum Gasteiger partial charge on any atom is 0.192 e. The SMILES string of the molecule is COC1(OC)CCC2=C(C[C@@H](C=O)[C@@H]3[C@@H]2CC[C@]2(C)[C@@H](O[Si](C)(C)C(C)(C)C)CC[C@@H]32)C1. The number of fused-ring (bicyclic) bond motifs is 4. The fraction of sp³-hybridized carbons (Fsp3) is 0.889. The number of carbonyl (C=O) groups excluding carboxylic acids is 1. The average Bonchev–Trinajstić information content (AvgIpc) is 3.07. The topological polar surface area (TPSA) is 44.8 Å². The Balaban J connectivity index is 1.61. The van der Waals surface area contributed by atoms with Crippen molar-refractivity contribution in [3.05, 3.63) is 11.1 Å². The van der Waals surface area contributed by atoms with Gasteiger partial charge in [-0.2, -0.15) is 0 Å². The lowest BCUT2D eigenvalue weighted by molar-refractivity contribution is -0.214. The van der Waals surface area contributed by atoms with Crippen LogP contribution in [0.4, 0.5) is 0 Å². The first kappa shape index (κ1) is 24.6. The third kappa shape index (κ3) is 3.79. The molecule has 4 rings (SSSR count). The molecule has 2 fully saturated rings. The van der Waals surface area contributed by atoms with E-state index < -0.39 is 14.1 Å². The maximum absolute atomic E-state index is 12.4. The molecule has 5 heteroatoms. The quantitative estimate of drug-likeness (QED) is 0.202. The van der Waals surface area contributed by atoms with E-state index in [4.69, 9.17) is 13.9 Å². The number of allylic oxidation sites excluding steroid dienone is 1. The molecule has 0 N–H and O–H groups in total. The zero-order valence-electron chi connectivity index (χ0n) is 21.8. The van der Waals surface area contributed by atoms with Crippen LogP contribution in [0.25, 0.3) is 0 Å². The van der Waals surface area contributed by atoms with Gasteiger partial charge in [0.05, 0.1) is 6.10 Å². The highest BCUT2D eigenvalue weighted by Gasteiger charge is 2.59. The molecule has 2 saturated carbocycles. The zero-order valence-corrected chi connectivity index (χ0v) is 22.8. The summed E-state index contributed by atoms with van der Waals surface area (Å²) in [6.07, 6.45) is 10.1. The molecule has 4 nitrogen and oxygen atoms in total. The van der Waals surface area contributed by atoms with Crippen LogP contribution in [-0.4, -0.2) is 40.7 Å². The Kier molecular flexibility index (Phi) is 6.40. The van der Waals surface area contributed by atoms with Gasteiger partial charge in [0.1, 0.15) is 6.29 Å². The van der Waals surface area contributed by atoms with E-state index in [0.717, 1.165) is 32.1 Å². The van der Waals surface area contributed by atoms with Crippen LogP contribution in [0.15, 0.2) is 11.1 Å². The standard InChI is InChI=1S/C27H46O4Si/c1-25(2,3)32(7,8)31-23-10-9-22-24-19(17-28)15-18-16-27(29-5,30-6)14-12-20(18)21(24)11-13-26(22,23)4/h17,19,21-24H,9-16H2,1-8H3/t19-,21+,22-,23-,24+,26-/m0/s1. The van der Waals surface area contributed by atoms with E-state index in [-0.39, 0.29) is 16.4 Å². The molecule has 0 aromatic heterocycles. The van der Waals surface area contributed by atoms with Gasteiger partial charge < -0.3 is 18.7 Å². The molecular formula is C27H46O4Si. The van der Waals surface area contributed by atoms with Gasteiger partial charge in [-0.25, -0.2) is 0 Å². The van der Waals surface area contributed by atoms with Crippen LogP contribution in [0.3, 0.4) is 0 Å². The Morgan fingerprint density at radius 3 is 2.34 bits per heavy atom. The summed E-state index contributed by atoms with van der Waals surface area (Å²) in [4.78, 5) is 12.4. The molecule has 0 saturated heterocycles. The Morgan fingerprint density at radius 1 is 1.06 bits per heavy atom. The second kappa shape index (κ2) is 8.32. The van der Waals surface area contributed by atoms with Crippen molar-refractivity contribution >= 4 is 14.6 Å². The number of carbonyl (C=O) groups is 1. The normalized spacial score (nSPS) is 39.3. The first-order valence-electron chi connectivity index (χ1n) is 12.9. The van der Waals surface area contributed by atoms with E-state index in [9.17, 15) is 4.79 Å². The van der Waals surface area contributed by atoms with Crippen molar-refractivity contribution in [2.24, 2.45) is 29.1 Å². The highest BCUT2D eigenvalue weighted by Crippen LogP contribution is 2.64. The summed E-state index contributed by atoms with van der Waals surface area (Å²) in [6.45, 7) is 14.3. The summed E-state index contributed by atoms with van der Waals surface area (Å²) in [5.74, 6) is 1.26. The van der Waals surface area contributed by atoms with Crippen LogP contribution < -0.4 is 0 Å². The maximum atomic E-state index is 12.4. The number of ether oxygens (including phenoxy) is 2. The van der Waals surface area contributed by atoms with Crippen molar-refractivity contribution in [2.75, 3.05) is 14.2 Å². The van der Waals surface area contributed by atoms with E-state index in [2.05, 4.69) is 40.8 Å². The smallest absolute Gasteiger partial charge is 0.192 e. The minimum absolute atomic E-state index is 0.125. The van der Waals surface area contributed by atoms with Crippen LogP contribution in [0.1, 0.15) is 79.1 Å². The van der Waals surface area contributed by atoms with Crippen molar-refractivity contribution in [1.82, 2.24) is 0 Å². The summed E-state index contributed by atoms with van der Waals surface area (Å²) >= 11 is 0. The van der Waals surface area contributed by atoms with Gasteiger partial charge in [-0.3, -0.25) is 0 Å². The largest absolute Gasteiger partial charge is 0.413 e. The molecule has 0 heterocycles. The molecule has 4 aliphatic carbocycles. The Morgan fingerprint density at radius 2 is 1.75 bits per heavy atom. The molecule has 0 aromatic carbocycles. The Labute approximate surface area is 197 Å². The number of aldehydes is 1. The van der Waals surface area contributed by atoms with E-state index in [1.807, 2.05) is 0 Å². The third-order valence-corrected chi connectivity index (χ3v) is 15.0. The lowest BCUT2D eigenvalue weighted by Gasteiger charge is -2.55. The second-order valence-electron chi connectivity index (χ2n) is 12.9. The summed E-state index contributed by atoms with van der Waals surface area (Å²) in [5.41, 5.74) is 3.30. The van der Waals surface area contributed by atoms with Gasteiger partial charge in [-0.15, -0.1) is 0 Å². The summed E-state index contributed by atoms with van der Waals surface area (Å²) in [7, 11) is 1.69.